The van der Waals surface area contributed by atoms with Crippen molar-refractivity contribution in [1.82, 2.24) is 5.32 Å². The molecule has 0 fully saturated rings. The Hall–Kier alpha value is -4.13. The molecule has 3 aromatic rings. The van der Waals surface area contributed by atoms with Crippen LogP contribution in [-0.2, 0) is 16.0 Å². The van der Waals surface area contributed by atoms with Crippen molar-refractivity contribution in [3.05, 3.63) is 90.0 Å². The first kappa shape index (κ1) is 21.1. The molecule has 0 aromatic heterocycles. The minimum Gasteiger partial charge on any atom is -0.326 e. The van der Waals surface area contributed by atoms with Crippen LogP contribution in [0.2, 0.25) is 0 Å². The largest absolute Gasteiger partial charge is 0.326 e. The number of aryl methyl sites for hydroxylation is 1. The third kappa shape index (κ3) is 4.95. The summed E-state index contributed by atoms with van der Waals surface area (Å²) in [5, 5.41) is 8.47. The lowest BCUT2D eigenvalue weighted by atomic mass is 10.0. The second kappa shape index (κ2) is 9.34. The molecule has 0 spiro atoms. The van der Waals surface area contributed by atoms with Crippen LogP contribution in [-0.4, -0.2) is 30.4 Å². The lowest BCUT2D eigenvalue weighted by Gasteiger charge is -2.30. The zero-order chi connectivity index (χ0) is 22.5. The molecule has 0 saturated heterocycles. The number of benzene rings is 3. The summed E-state index contributed by atoms with van der Waals surface area (Å²) < 4.78 is 0. The van der Waals surface area contributed by atoms with Gasteiger partial charge in [0.1, 0.15) is 12.6 Å². The normalized spacial score (nSPS) is 13.5. The topological polar surface area (TPSA) is 90.5 Å². The van der Waals surface area contributed by atoms with Crippen LogP contribution in [0.1, 0.15) is 11.1 Å². The van der Waals surface area contributed by atoms with E-state index in [4.69, 9.17) is 0 Å². The summed E-state index contributed by atoms with van der Waals surface area (Å²) in [6, 6.07) is 22.7. The van der Waals surface area contributed by atoms with Gasteiger partial charge in [-0.15, -0.1) is 0 Å². The third-order valence-corrected chi connectivity index (χ3v) is 5.20. The van der Waals surface area contributed by atoms with Gasteiger partial charge in [-0.25, -0.2) is 4.79 Å². The molecule has 3 aromatic carbocycles. The van der Waals surface area contributed by atoms with E-state index < -0.39 is 12.1 Å². The molecule has 0 aliphatic carbocycles. The van der Waals surface area contributed by atoms with Crippen LogP contribution in [0, 0.1) is 6.92 Å². The van der Waals surface area contributed by atoms with Crippen molar-refractivity contribution in [3.8, 4) is 0 Å². The number of urea groups is 1. The van der Waals surface area contributed by atoms with Crippen LogP contribution in [0.4, 0.5) is 21.9 Å². The van der Waals surface area contributed by atoms with E-state index in [9.17, 15) is 14.4 Å². The molecule has 4 amide bonds. The standard InChI is InChI=1S/C25H24N4O3/c1-17-8-7-11-19(14-17)26-24(31)21(15-18-9-3-2-4-10-18)28-25(32)29-16-23(30)27-20-12-5-6-13-22(20)29/h2-14,21H,15-16H2,1H3,(H,26,31)(H,27,30)(H,28,32). The predicted octanol–water partition coefficient (Wildman–Crippen LogP) is 3.71. The molecule has 4 rings (SSSR count). The summed E-state index contributed by atoms with van der Waals surface area (Å²) in [7, 11) is 0. The summed E-state index contributed by atoms with van der Waals surface area (Å²) in [6.45, 7) is 1.82. The molecular weight excluding hydrogens is 404 g/mol. The van der Waals surface area contributed by atoms with E-state index in [2.05, 4.69) is 16.0 Å². The lowest BCUT2D eigenvalue weighted by Crippen LogP contribution is -2.53. The zero-order valence-corrected chi connectivity index (χ0v) is 17.7. The third-order valence-electron chi connectivity index (χ3n) is 5.20. The second-order valence-electron chi connectivity index (χ2n) is 7.70. The van der Waals surface area contributed by atoms with Gasteiger partial charge in [0.2, 0.25) is 11.8 Å². The molecule has 1 aliphatic heterocycles. The smallest absolute Gasteiger partial charge is 0.323 e. The molecule has 0 bridgehead atoms. The van der Waals surface area contributed by atoms with E-state index >= 15 is 0 Å². The molecule has 0 saturated carbocycles. The van der Waals surface area contributed by atoms with Crippen molar-refractivity contribution in [2.75, 3.05) is 22.1 Å². The number of carbonyl (C=O) groups excluding carboxylic acids is 3. The highest BCUT2D eigenvalue weighted by atomic mass is 16.2. The minimum absolute atomic E-state index is 0.125. The fraction of sp³-hybridized carbons (Fsp3) is 0.160. The maximum atomic E-state index is 13.2. The molecule has 162 valence electrons. The van der Waals surface area contributed by atoms with Crippen molar-refractivity contribution >= 4 is 34.9 Å². The number of hydrogen-bond donors (Lipinski definition) is 3. The van der Waals surface area contributed by atoms with Crippen LogP contribution in [0.5, 0.6) is 0 Å². The number of amides is 4. The monoisotopic (exact) mass is 428 g/mol. The van der Waals surface area contributed by atoms with E-state index in [-0.39, 0.29) is 18.4 Å². The van der Waals surface area contributed by atoms with E-state index in [0.29, 0.717) is 23.5 Å². The Labute approximate surface area is 186 Å². The summed E-state index contributed by atoms with van der Waals surface area (Å²) in [5.74, 6) is -0.620. The molecule has 1 aliphatic rings. The SMILES string of the molecule is Cc1cccc(NC(=O)C(Cc2ccccc2)NC(=O)N2CC(=O)Nc3ccccc32)c1. The maximum Gasteiger partial charge on any atom is 0.323 e. The van der Waals surface area contributed by atoms with Gasteiger partial charge in [-0.2, -0.15) is 0 Å². The molecule has 7 nitrogen and oxygen atoms in total. The number of hydrogen-bond acceptors (Lipinski definition) is 3. The molecule has 3 N–H and O–H groups in total. The average molecular weight is 428 g/mol. The Morgan fingerprint density at radius 1 is 1.00 bits per heavy atom. The van der Waals surface area contributed by atoms with Crippen LogP contribution in [0.3, 0.4) is 0 Å². The number of carbonyl (C=O) groups is 3. The fourth-order valence-corrected chi connectivity index (χ4v) is 3.65. The Morgan fingerprint density at radius 2 is 1.75 bits per heavy atom. The first-order valence-electron chi connectivity index (χ1n) is 10.4. The maximum absolute atomic E-state index is 13.2. The van der Waals surface area contributed by atoms with Gasteiger partial charge in [0.15, 0.2) is 0 Å². The van der Waals surface area contributed by atoms with Gasteiger partial charge in [-0.05, 0) is 42.3 Å². The highest BCUT2D eigenvalue weighted by Gasteiger charge is 2.30. The Bertz CT molecular complexity index is 1150. The van der Waals surface area contributed by atoms with Gasteiger partial charge >= 0.3 is 6.03 Å². The molecule has 32 heavy (non-hydrogen) atoms. The van der Waals surface area contributed by atoms with E-state index in [1.54, 1.807) is 30.3 Å². The van der Waals surface area contributed by atoms with Crippen molar-refractivity contribution in [2.24, 2.45) is 0 Å². The van der Waals surface area contributed by atoms with E-state index in [1.165, 1.54) is 4.90 Å². The Morgan fingerprint density at radius 3 is 2.53 bits per heavy atom. The van der Waals surface area contributed by atoms with E-state index in [0.717, 1.165) is 11.1 Å². The fourth-order valence-electron chi connectivity index (χ4n) is 3.65. The average Bonchev–Trinajstić information content (AvgIpc) is 2.78. The molecule has 1 heterocycles. The van der Waals surface area contributed by atoms with Crippen molar-refractivity contribution < 1.29 is 14.4 Å². The highest BCUT2D eigenvalue weighted by Crippen LogP contribution is 2.28. The number of para-hydroxylation sites is 2. The van der Waals surface area contributed by atoms with Crippen LogP contribution < -0.4 is 20.9 Å². The summed E-state index contributed by atoms with van der Waals surface area (Å²) in [6.07, 6.45) is 0.311. The highest BCUT2D eigenvalue weighted by molar-refractivity contribution is 6.10. The minimum atomic E-state index is -0.831. The summed E-state index contributed by atoms with van der Waals surface area (Å²) in [5.41, 5.74) is 3.73. The summed E-state index contributed by atoms with van der Waals surface area (Å²) >= 11 is 0. The lowest BCUT2D eigenvalue weighted by molar-refractivity contribution is -0.118. The van der Waals surface area contributed by atoms with Crippen LogP contribution >= 0.6 is 0 Å². The van der Waals surface area contributed by atoms with Gasteiger partial charge in [0.25, 0.3) is 0 Å². The quantitative estimate of drug-likeness (QED) is 0.579. The number of fused-ring (bicyclic) bond motifs is 1. The first-order valence-corrected chi connectivity index (χ1v) is 10.4. The number of anilines is 3. The second-order valence-corrected chi connectivity index (χ2v) is 7.70. The van der Waals surface area contributed by atoms with Gasteiger partial charge < -0.3 is 16.0 Å². The first-order chi connectivity index (χ1) is 15.5. The van der Waals surface area contributed by atoms with Crippen molar-refractivity contribution in [3.63, 3.8) is 0 Å². The molecule has 7 heteroatoms. The van der Waals surface area contributed by atoms with E-state index in [1.807, 2.05) is 55.5 Å². The molecule has 0 radical (unpaired) electrons. The molecular formula is C25H24N4O3. The number of nitrogens with one attached hydrogen (secondary N) is 3. The Kier molecular flexibility index (Phi) is 6.17. The van der Waals surface area contributed by atoms with Crippen molar-refractivity contribution in [2.45, 2.75) is 19.4 Å². The number of nitrogens with zero attached hydrogens (tertiary/aromatic N) is 1. The molecule has 1 unspecified atom stereocenters. The Balaban J connectivity index is 1.56. The van der Waals surface area contributed by atoms with Crippen LogP contribution in [0.25, 0.3) is 0 Å². The number of rotatable bonds is 5. The summed E-state index contributed by atoms with van der Waals surface area (Å²) in [4.78, 5) is 39.8. The van der Waals surface area contributed by atoms with Crippen molar-refractivity contribution in [1.29, 1.82) is 0 Å². The van der Waals surface area contributed by atoms with Crippen LogP contribution in [0.15, 0.2) is 78.9 Å². The zero-order valence-electron chi connectivity index (χ0n) is 17.7. The van der Waals surface area contributed by atoms with Gasteiger partial charge in [0, 0.05) is 12.1 Å². The van der Waals surface area contributed by atoms with Gasteiger partial charge in [0.05, 0.1) is 11.4 Å². The van der Waals surface area contributed by atoms with Gasteiger partial charge in [-0.3, -0.25) is 14.5 Å². The van der Waals surface area contributed by atoms with Gasteiger partial charge in [-0.1, -0.05) is 54.6 Å². The predicted molar refractivity (Wildman–Crippen MR) is 125 cm³/mol. The molecule has 1 atom stereocenters.